The van der Waals surface area contributed by atoms with Gasteiger partial charge in [0.05, 0.1) is 5.57 Å². The highest BCUT2D eigenvalue weighted by atomic mass is 79.9. The third-order valence-electron chi connectivity index (χ3n) is 1.37. The first-order chi connectivity index (χ1) is 5.41. The molecule has 0 aromatic rings. The summed E-state index contributed by atoms with van der Waals surface area (Å²) < 4.78 is 48.3. The van der Waals surface area contributed by atoms with Crippen LogP contribution in [0.2, 0.25) is 0 Å². The lowest BCUT2D eigenvalue weighted by molar-refractivity contribution is -0.0953. The van der Waals surface area contributed by atoms with Crippen molar-refractivity contribution < 1.29 is 17.6 Å². The Morgan fingerprint density at radius 1 is 1.50 bits per heavy atom. The van der Waals surface area contributed by atoms with E-state index in [2.05, 4.69) is 20.9 Å². The number of aliphatic imine (C=N–C) groups is 1. The van der Waals surface area contributed by atoms with Gasteiger partial charge in [-0.1, -0.05) is 0 Å². The van der Waals surface area contributed by atoms with Crippen LogP contribution in [-0.4, -0.2) is 17.0 Å². The first-order valence-electron chi connectivity index (χ1n) is 3.05. The molecule has 68 valence electrons. The van der Waals surface area contributed by atoms with E-state index in [9.17, 15) is 17.6 Å². The van der Waals surface area contributed by atoms with Gasteiger partial charge in [0.2, 0.25) is 0 Å². The van der Waals surface area contributed by atoms with E-state index in [-0.39, 0.29) is 4.62 Å². The molecule has 1 aliphatic heterocycles. The van der Waals surface area contributed by atoms with Gasteiger partial charge in [-0.25, -0.2) is 4.39 Å². The van der Waals surface area contributed by atoms with Gasteiger partial charge < -0.3 is 0 Å². The minimum Gasteiger partial charge on any atom is -0.250 e. The first kappa shape index (κ1) is 9.70. The number of alkyl halides is 4. The molecule has 0 aliphatic carbocycles. The van der Waals surface area contributed by atoms with Gasteiger partial charge in [0, 0.05) is 12.6 Å². The molecule has 0 saturated carbocycles. The van der Waals surface area contributed by atoms with E-state index in [4.69, 9.17) is 0 Å². The average molecular weight is 246 g/mol. The second-order valence-electron chi connectivity index (χ2n) is 2.28. The highest BCUT2D eigenvalue weighted by Gasteiger charge is 2.37. The highest BCUT2D eigenvalue weighted by Crippen LogP contribution is 2.32. The SMILES string of the molecule is FC1CC(C(F)(F)F)=CN=C1Br. The molecule has 1 heterocycles. The minimum absolute atomic E-state index is 0.0875. The van der Waals surface area contributed by atoms with E-state index < -0.39 is 24.3 Å². The summed E-state index contributed by atoms with van der Waals surface area (Å²) in [5.41, 5.74) is -0.932. The normalized spacial score (nSPS) is 24.9. The number of halogens is 5. The molecule has 0 N–H and O–H groups in total. The number of rotatable bonds is 0. The Labute approximate surface area is 74.3 Å². The lowest BCUT2D eigenvalue weighted by atomic mass is 10.1. The van der Waals surface area contributed by atoms with E-state index in [1.54, 1.807) is 0 Å². The van der Waals surface area contributed by atoms with E-state index in [0.717, 1.165) is 0 Å². The number of hydrogen-bond donors (Lipinski definition) is 0. The van der Waals surface area contributed by atoms with Crippen LogP contribution in [0.1, 0.15) is 6.42 Å². The number of hydrogen-bond acceptors (Lipinski definition) is 1. The molecular weight excluding hydrogens is 242 g/mol. The Morgan fingerprint density at radius 2 is 2.08 bits per heavy atom. The van der Waals surface area contributed by atoms with Crippen LogP contribution in [0.25, 0.3) is 0 Å². The molecule has 12 heavy (non-hydrogen) atoms. The molecule has 0 spiro atoms. The Bertz CT molecular complexity index is 242. The molecule has 0 saturated heterocycles. The van der Waals surface area contributed by atoms with Crippen molar-refractivity contribution in [1.29, 1.82) is 0 Å². The lowest BCUT2D eigenvalue weighted by Crippen LogP contribution is -2.21. The molecule has 0 fully saturated rings. The maximum atomic E-state index is 12.6. The summed E-state index contributed by atoms with van der Waals surface area (Å²) in [4.78, 5) is 3.24. The molecule has 0 aromatic heterocycles. The van der Waals surface area contributed by atoms with Gasteiger partial charge in [-0.15, -0.1) is 0 Å². The first-order valence-corrected chi connectivity index (χ1v) is 3.84. The Balaban J connectivity index is 2.84. The summed E-state index contributed by atoms with van der Waals surface area (Å²) in [6.07, 6.45) is -6.17. The summed E-state index contributed by atoms with van der Waals surface area (Å²) in [5.74, 6) is 0. The van der Waals surface area contributed by atoms with Gasteiger partial charge in [-0.05, 0) is 15.9 Å². The Morgan fingerprint density at radius 3 is 2.50 bits per heavy atom. The largest absolute Gasteiger partial charge is 0.414 e. The van der Waals surface area contributed by atoms with Crippen molar-refractivity contribution in [3.63, 3.8) is 0 Å². The van der Waals surface area contributed by atoms with Crippen molar-refractivity contribution in [3.05, 3.63) is 11.8 Å². The topological polar surface area (TPSA) is 12.4 Å². The van der Waals surface area contributed by atoms with Gasteiger partial charge in [0.1, 0.15) is 4.62 Å². The minimum atomic E-state index is -4.47. The fraction of sp³-hybridized carbons (Fsp3) is 0.500. The molecule has 0 radical (unpaired) electrons. The molecule has 1 rings (SSSR count). The van der Waals surface area contributed by atoms with E-state index in [1.165, 1.54) is 0 Å². The van der Waals surface area contributed by atoms with Gasteiger partial charge in [0.25, 0.3) is 0 Å². The Kier molecular flexibility index (Phi) is 2.55. The summed E-state index contributed by atoms with van der Waals surface area (Å²) in [5, 5.41) is 0. The lowest BCUT2D eigenvalue weighted by Gasteiger charge is -2.16. The van der Waals surface area contributed by atoms with Gasteiger partial charge in [0.15, 0.2) is 6.17 Å². The van der Waals surface area contributed by atoms with Crippen molar-refractivity contribution in [2.75, 3.05) is 0 Å². The fourth-order valence-corrected chi connectivity index (χ4v) is 1.00. The molecule has 0 aromatic carbocycles. The molecule has 1 atom stereocenters. The zero-order valence-electron chi connectivity index (χ0n) is 5.70. The third-order valence-corrected chi connectivity index (χ3v) is 2.07. The van der Waals surface area contributed by atoms with Crippen LogP contribution in [0.5, 0.6) is 0 Å². The van der Waals surface area contributed by atoms with Crippen LogP contribution in [0.15, 0.2) is 16.8 Å². The summed E-state index contributed by atoms with van der Waals surface area (Å²) in [6.45, 7) is 0. The van der Waals surface area contributed by atoms with E-state index in [0.29, 0.717) is 6.20 Å². The van der Waals surface area contributed by atoms with Crippen LogP contribution in [0, 0.1) is 0 Å². The van der Waals surface area contributed by atoms with Gasteiger partial charge in [-0.2, -0.15) is 13.2 Å². The quantitative estimate of drug-likeness (QED) is 0.582. The Hall–Kier alpha value is -0.390. The van der Waals surface area contributed by atoms with Crippen LogP contribution < -0.4 is 0 Å². The van der Waals surface area contributed by atoms with Crippen molar-refractivity contribution in [2.24, 2.45) is 4.99 Å². The number of nitrogens with zero attached hydrogens (tertiary/aromatic N) is 1. The van der Waals surface area contributed by atoms with E-state index in [1.807, 2.05) is 0 Å². The third kappa shape index (κ3) is 2.06. The highest BCUT2D eigenvalue weighted by molar-refractivity contribution is 9.18. The van der Waals surface area contributed by atoms with Crippen molar-refractivity contribution in [3.8, 4) is 0 Å². The second kappa shape index (κ2) is 3.16. The maximum absolute atomic E-state index is 12.6. The summed E-state index contributed by atoms with van der Waals surface area (Å²) in [7, 11) is 0. The second-order valence-corrected chi connectivity index (χ2v) is 3.09. The monoisotopic (exact) mass is 245 g/mol. The molecular formula is C6H4BrF4N. The van der Waals surface area contributed by atoms with Gasteiger partial charge in [-0.3, -0.25) is 4.99 Å². The fourth-order valence-electron chi connectivity index (χ4n) is 0.739. The smallest absolute Gasteiger partial charge is 0.250 e. The molecule has 0 bridgehead atoms. The van der Waals surface area contributed by atoms with E-state index >= 15 is 0 Å². The molecule has 1 aliphatic rings. The molecule has 1 nitrogen and oxygen atoms in total. The van der Waals surface area contributed by atoms with Gasteiger partial charge >= 0.3 is 6.18 Å². The van der Waals surface area contributed by atoms with Crippen molar-refractivity contribution in [2.45, 2.75) is 18.8 Å². The van der Waals surface area contributed by atoms with Crippen LogP contribution in [0.3, 0.4) is 0 Å². The number of allylic oxidation sites excluding steroid dienone is 1. The molecule has 6 heteroatoms. The maximum Gasteiger partial charge on any atom is 0.414 e. The van der Waals surface area contributed by atoms with Crippen LogP contribution >= 0.6 is 15.9 Å². The summed E-state index contributed by atoms with van der Waals surface area (Å²) >= 11 is 2.71. The van der Waals surface area contributed by atoms with Crippen molar-refractivity contribution in [1.82, 2.24) is 0 Å². The molecule has 1 unspecified atom stereocenters. The predicted molar refractivity (Wildman–Crippen MR) is 40.0 cm³/mol. The average Bonchev–Trinajstić information content (AvgIpc) is 1.92. The summed E-state index contributed by atoms with van der Waals surface area (Å²) in [6, 6.07) is 0. The van der Waals surface area contributed by atoms with Crippen LogP contribution in [0.4, 0.5) is 17.6 Å². The molecule has 0 amide bonds. The zero-order valence-corrected chi connectivity index (χ0v) is 7.28. The standard InChI is InChI=1S/C6H4BrF4N/c7-5-4(8)1-3(2-12-5)6(9,10)11/h2,4H,1H2. The van der Waals surface area contributed by atoms with Crippen LogP contribution in [-0.2, 0) is 0 Å². The predicted octanol–water partition coefficient (Wildman–Crippen LogP) is 2.97. The zero-order chi connectivity index (χ0) is 9.35. The van der Waals surface area contributed by atoms with Crippen molar-refractivity contribution >= 4 is 20.6 Å².